The zero-order chi connectivity index (χ0) is 12.3. The van der Waals surface area contributed by atoms with Crippen molar-refractivity contribution < 1.29 is 5.11 Å². The SMILES string of the molecule is CCc1nccn1C1CCCC(CO)(NC)C1. The number of imidazole rings is 1. The molecule has 1 aliphatic carbocycles. The van der Waals surface area contributed by atoms with Gasteiger partial charge in [-0.25, -0.2) is 4.98 Å². The lowest BCUT2D eigenvalue weighted by Crippen LogP contribution is -2.50. The van der Waals surface area contributed by atoms with Crippen molar-refractivity contribution in [3.63, 3.8) is 0 Å². The van der Waals surface area contributed by atoms with Gasteiger partial charge in [-0.3, -0.25) is 0 Å². The normalized spacial score (nSPS) is 29.5. The van der Waals surface area contributed by atoms with E-state index >= 15 is 0 Å². The van der Waals surface area contributed by atoms with Gasteiger partial charge < -0.3 is 15.0 Å². The molecule has 1 aromatic rings. The molecule has 0 aromatic carbocycles. The lowest BCUT2D eigenvalue weighted by atomic mass is 9.79. The second kappa shape index (κ2) is 5.19. The standard InChI is InChI=1S/C13H23N3O/c1-3-12-15-7-8-16(12)11-5-4-6-13(9-11,10-17)14-2/h7-8,11,14,17H,3-6,9-10H2,1-2H3. The van der Waals surface area contributed by atoms with Crippen LogP contribution in [-0.2, 0) is 6.42 Å². The molecule has 2 N–H and O–H groups in total. The molecular formula is C13H23N3O. The third-order valence-corrected chi connectivity index (χ3v) is 4.11. The fourth-order valence-corrected chi connectivity index (χ4v) is 2.97. The zero-order valence-corrected chi connectivity index (χ0v) is 10.8. The molecule has 2 atom stereocenters. The van der Waals surface area contributed by atoms with E-state index in [1.807, 2.05) is 13.2 Å². The van der Waals surface area contributed by atoms with Crippen LogP contribution >= 0.6 is 0 Å². The number of hydrogen-bond acceptors (Lipinski definition) is 3. The zero-order valence-electron chi connectivity index (χ0n) is 10.8. The third-order valence-electron chi connectivity index (χ3n) is 4.11. The molecule has 96 valence electrons. The largest absolute Gasteiger partial charge is 0.394 e. The first-order chi connectivity index (χ1) is 8.24. The van der Waals surface area contributed by atoms with E-state index in [2.05, 4.69) is 28.0 Å². The van der Waals surface area contributed by atoms with E-state index in [1.54, 1.807) is 0 Å². The first-order valence-electron chi connectivity index (χ1n) is 6.56. The maximum absolute atomic E-state index is 9.60. The van der Waals surface area contributed by atoms with Gasteiger partial charge in [0.25, 0.3) is 0 Å². The number of aliphatic hydroxyl groups excluding tert-OH is 1. The van der Waals surface area contributed by atoms with Crippen molar-refractivity contribution in [3.8, 4) is 0 Å². The first-order valence-corrected chi connectivity index (χ1v) is 6.56. The minimum Gasteiger partial charge on any atom is -0.394 e. The molecule has 2 unspecified atom stereocenters. The number of aromatic nitrogens is 2. The van der Waals surface area contributed by atoms with Crippen LogP contribution in [0.1, 0.15) is 44.5 Å². The van der Waals surface area contributed by atoms with Crippen LogP contribution in [0.25, 0.3) is 0 Å². The lowest BCUT2D eigenvalue weighted by molar-refractivity contribution is 0.104. The monoisotopic (exact) mass is 237 g/mol. The van der Waals surface area contributed by atoms with Crippen LogP contribution in [0, 0.1) is 0 Å². The number of hydrogen-bond donors (Lipinski definition) is 2. The molecule has 0 radical (unpaired) electrons. The van der Waals surface area contributed by atoms with Gasteiger partial charge in [0.2, 0.25) is 0 Å². The molecular weight excluding hydrogens is 214 g/mol. The Morgan fingerprint density at radius 2 is 2.47 bits per heavy atom. The maximum atomic E-state index is 9.60. The van der Waals surface area contributed by atoms with Crippen LogP contribution in [0.2, 0.25) is 0 Å². The van der Waals surface area contributed by atoms with Gasteiger partial charge >= 0.3 is 0 Å². The second-order valence-electron chi connectivity index (χ2n) is 5.04. The number of likely N-dealkylation sites (N-methyl/N-ethyl adjacent to an activating group) is 1. The predicted octanol–water partition coefficient (Wildman–Crippen LogP) is 1.51. The van der Waals surface area contributed by atoms with E-state index in [0.29, 0.717) is 6.04 Å². The Labute approximate surface area is 103 Å². The summed E-state index contributed by atoms with van der Waals surface area (Å²) in [6.45, 7) is 2.36. The number of aliphatic hydroxyl groups is 1. The van der Waals surface area contributed by atoms with E-state index in [0.717, 1.165) is 31.5 Å². The van der Waals surface area contributed by atoms with E-state index in [1.165, 1.54) is 6.42 Å². The smallest absolute Gasteiger partial charge is 0.108 e. The highest BCUT2D eigenvalue weighted by atomic mass is 16.3. The Balaban J connectivity index is 2.17. The molecule has 0 saturated heterocycles. The Bertz CT molecular complexity index is 357. The summed E-state index contributed by atoms with van der Waals surface area (Å²) in [6.07, 6.45) is 9.32. The van der Waals surface area contributed by atoms with Crippen molar-refractivity contribution in [2.75, 3.05) is 13.7 Å². The highest BCUT2D eigenvalue weighted by molar-refractivity contribution is 5.00. The first kappa shape index (κ1) is 12.6. The summed E-state index contributed by atoms with van der Waals surface area (Å²) in [5.41, 5.74) is -0.0990. The third kappa shape index (κ3) is 2.38. The summed E-state index contributed by atoms with van der Waals surface area (Å²) < 4.78 is 2.29. The van der Waals surface area contributed by atoms with Crippen LogP contribution in [0.3, 0.4) is 0 Å². The van der Waals surface area contributed by atoms with Gasteiger partial charge in [0.05, 0.1) is 6.61 Å². The summed E-state index contributed by atoms with van der Waals surface area (Å²) >= 11 is 0. The molecule has 2 rings (SSSR count). The summed E-state index contributed by atoms with van der Waals surface area (Å²) in [7, 11) is 1.95. The number of rotatable bonds is 4. The average Bonchev–Trinajstić information content (AvgIpc) is 2.87. The fourth-order valence-electron chi connectivity index (χ4n) is 2.97. The molecule has 1 fully saturated rings. The Hall–Kier alpha value is -0.870. The molecule has 0 aliphatic heterocycles. The minimum absolute atomic E-state index is 0.0990. The van der Waals surface area contributed by atoms with E-state index < -0.39 is 0 Å². The predicted molar refractivity (Wildman–Crippen MR) is 68.0 cm³/mol. The van der Waals surface area contributed by atoms with Gasteiger partial charge in [0.1, 0.15) is 5.82 Å². The van der Waals surface area contributed by atoms with Crippen LogP contribution in [0.5, 0.6) is 0 Å². The fraction of sp³-hybridized carbons (Fsp3) is 0.769. The van der Waals surface area contributed by atoms with Gasteiger partial charge in [-0.15, -0.1) is 0 Å². The Kier molecular flexibility index (Phi) is 3.84. The van der Waals surface area contributed by atoms with Gasteiger partial charge in [0, 0.05) is 30.4 Å². The summed E-state index contributed by atoms with van der Waals surface area (Å²) in [5, 5.41) is 12.9. The van der Waals surface area contributed by atoms with E-state index in [-0.39, 0.29) is 12.1 Å². The molecule has 0 bridgehead atoms. The number of nitrogens with one attached hydrogen (secondary N) is 1. The topological polar surface area (TPSA) is 50.1 Å². The molecule has 4 nitrogen and oxygen atoms in total. The van der Waals surface area contributed by atoms with E-state index in [4.69, 9.17) is 0 Å². The molecule has 0 spiro atoms. The van der Waals surface area contributed by atoms with Gasteiger partial charge in [-0.1, -0.05) is 6.92 Å². The van der Waals surface area contributed by atoms with Crippen molar-refractivity contribution in [3.05, 3.63) is 18.2 Å². The molecule has 17 heavy (non-hydrogen) atoms. The molecule has 4 heteroatoms. The number of aryl methyl sites for hydroxylation is 1. The minimum atomic E-state index is -0.0990. The lowest BCUT2D eigenvalue weighted by Gasteiger charge is -2.40. The summed E-state index contributed by atoms with van der Waals surface area (Å²) in [5.74, 6) is 1.15. The average molecular weight is 237 g/mol. The van der Waals surface area contributed by atoms with E-state index in [9.17, 15) is 5.11 Å². The van der Waals surface area contributed by atoms with Crippen molar-refractivity contribution in [2.24, 2.45) is 0 Å². The van der Waals surface area contributed by atoms with Crippen molar-refractivity contribution in [2.45, 2.75) is 50.6 Å². The second-order valence-corrected chi connectivity index (χ2v) is 5.04. The number of nitrogens with zero attached hydrogens (tertiary/aromatic N) is 2. The van der Waals surface area contributed by atoms with Crippen molar-refractivity contribution >= 4 is 0 Å². The molecule has 1 saturated carbocycles. The molecule has 1 heterocycles. The molecule has 1 aliphatic rings. The summed E-state index contributed by atoms with van der Waals surface area (Å²) in [6, 6.07) is 0.473. The quantitative estimate of drug-likeness (QED) is 0.834. The maximum Gasteiger partial charge on any atom is 0.108 e. The van der Waals surface area contributed by atoms with Crippen LogP contribution in [0.15, 0.2) is 12.4 Å². The Morgan fingerprint density at radius 3 is 3.12 bits per heavy atom. The van der Waals surface area contributed by atoms with Gasteiger partial charge in [0.15, 0.2) is 0 Å². The highest BCUT2D eigenvalue weighted by Crippen LogP contribution is 2.35. The van der Waals surface area contributed by atoms with Crippen LogP contribution in [0.4, 0.5) is 0 Å². The Morgan fingerprint density at radius 1 is 1.65 bits per heavy atom. The van der Waals surface area contributed by atoms with Crippen LogP contribution in [-0.4, -0.2) is 33.9 Å². The van der Waals surface area contributed by atoms with Crippen molar-refractivity contribution in [1.29, 1.82) is 0 Å². The summed E-state index contributed by atoms with van der Waals surface area (Å²) in [4.78, 5) is 4.39. The highest BCUT2D eigenvalue weighted by Gasteiger charge is 2.35. The van der Waals surface area contributed by atoms with Gasteiger partial charge in [-0.05, 0) is 32.7 Å². The molecule has 0 amide bonds. The van der Waals surface area contributed by atoms with Gasteiger partial charge in [-0.2, -0.15) is 0 Å². The van der Waals surface area contributed by atoms with Crippen molar-refractivity contribution in [1.82, 2.24) is 14.9 Å². The van der Waals surface area contributed by atoms with Crippen LogP contribution < -0.4 is 5.32 Å². The molecule has 1 aromatic heterocycles.